The molecule has 2 aromatic heterocycles. The van der Waals surface area contributed by atoms with Gasteiger partial charge in [-0.15, -0.1) is 10.2 Å². The average molecular weight is 277 g/mol. The molecule has 1 aliphatic rings. The third-order valence-electron chi connectivity index (χ3n) is 4.09. The van der Waals surface area contributed by atoms with Crippen molar-refractivity contribution in [1.82, 2.24) is 24.1 Å². The van der Waals surface area contributed by atoms with Gasteiger partial charge in [0.1, 0.15) is 0 Å². The second kappa shape index (κ2) is 4.99. The number of aliphatic hydroxyl groups excluding tert-OH is 1. The number of aliphatic hydroxyl groups is 1. The molecule has 1 fully saturated rings. The Morgan fingerprint density at radius 1 is 1.40 bits per heavy atom. The summed E-state index contributed by atoms with van der Waals surface area (Å²) in [6.45, 7) is 4.23. The Hall–Kier alpha value is -1.73. The summed E-state index contributed by atoms with van der Waals surface area (Å²) in [6.07, 6.45) is 4.18. The number of hydrogen-bond acceptors (Lipinski definition) is 5. The van der Waals surface area contributed by atoms with Crippen molar-refractivity contribution in [2.45, 2.75) is 26.0 Å². The maximum atomic E-state index is 11.9. The smallest absolute Gasteiger partial charge is 0.295 e. The van der Waals surface area contributed by atoms with E-state index >= 15 is 0 Å². The molecule has 0 spiro atoms. The summed E-state index contributed by atoms with van der Waals surface area (Å²) in [4.78, 5) is 14.1. The quantitative estimate of drug-likeness (QED) is 0.810. The van der Waals surface area contributed by atoms with Crippen LogP contribution in [-0.4, -0.2) is 48.4 Å². The third-order valence-corrected chi connectivity index (χ3v) is 4.09. The van der Waals surface area contributed by atoms with Crippen LogP contribution in [0.5, 0.6) is 0 Å². The summed E-state index contributed by atoms with van der Waals surface area (Å²) in [6, 6.07) is 0. The molecule has 108 valence electrons. The van der Waals surface area contributed by atoms with Gasteiger partial charge >= 0.3 is 0 Å². The fraction of sp³-hybridized carbons (Fsp3) is 0.615. The highest BCUT2D eigenvalue weighted by atomic mass is 16.3. The van der Waals surface area contributed by atoms with E-state index in [1.807, 2.05) is 0 Å². The van der Waals surface area contributed by atoms with E-state index in [0.717, 1.165) is 18.8 Å². The number of piperidine rings is 1. The van der Waals surface area contributed by atoms with E-state index in [-0.39, 0.29) is 11.7 Å². The standard InChI is InChI=1S/C13H19N5O2/c1-9-3-4-17(7-10(9)19)8-11-14-15-12-13(20)16(2)5-6-18(11)12/h5-6,9-10,19H,3-4,7-8H2,1-2H3. The minimum absolute atomic E-state index is 0.154. The second-order valence-corrected chi connectivity index (χ2v) is 5.59. The number of nitrogens with zero attached hydrogens (tertiary/aromatic N) is 5. The fourth-order valence-electron chi connectivity index (χ4n) is 2.58. The number of aromatic nitrogens is 4. The van der Waals surface area contributed by atoms with Crippen LogP contribution in [0.4, 0.5) is 0 Å². The summed E-state index contributed by atoms with van der Waals surface area (Å²) in [5.41, 5.74) is 0.189. The molecule has 2 atom stereocenters. The van der Waals surface area contributed by atoms with E-state index in [1.165, 1.54) is 4.57 Å². The molecule has 1 aliphatic heterocycles. The van der Waals surface area contributed by atoms with Gasteiger partial charge in [0.25, 0.3) is 5.56 Å². The molecule has 0 radical (unpaired) electrons. The largest absolute Gasteiger partial charge is 0.392 e. The number of hydrogen-bond donors (Lipinski definition) is 1. The average Bonchev–Trinajstić information content (AvgIpc) is 2.82. The van der Waals surface area contributed by atoms with Gasteiger partial charge in [0, 0.05) is 26.0 Å². The van der Waals surface area contributed by atoms with E-state index in [0.29, 0.717) is 24.7 Å². The van der Waals surface area contributed by atoms with Crippen LogP contribution in [0.2, 0.25) is 0 Å². The first-order chi connectivity index (χ1) is 9.56. The monoisotopic (exact) mass is 277 g/mol. The van der Waals surface area contributed by atoms with E-state index in [1.54, 1.807) is 23.8 Å². The van der Waals surface area contributed by atoms with Crippen molar-refractivity contribution < 1.29 is 5.11 Å². The third kappa shape index (κ3) is 2.23. The summed E-state index contributed by atoms with van der Waals surface area (Å²) >= 11 is 0. The van der Waals surface area contributed by atoms with Crippen molar-refractivity contribution in [2.24, 2.45) is 13.0 Å². The Bertz CT molecular complexity index is 677. The first-order valence-electron chi connectivity index (χ1n) is 6.86. The maximum absolute atomic E-state index is 11.9. The van der Waals surface area contributed by atoms with Crippen molar-refractivity contribution in [3.8, 4) is 0 Å². The predicted octanol–water partition coefficient (Wildman–Crippen LogP) is -0.369. The lowest BCUT2D eigenvalue weighted by Crippen LogP contribution is -2.42. The van der Waals surface area contributed by atoms with Crippen molar-refractivity contribution in [3.05, 3.63) is 28.6 Å². The molecule has 0 saturated carbocycles. The molecule has 0 bridgehead atoms. The number of fused-ring (bicyclic) bond motifs is 1. The lowest BCUT2D eigenvalue weighted by molar-refractivity contribution is 0.0248. The number of rotatable bonds is 2. The van der Waals surface area contributed by atoms with Crippen molar-refractivity contribution in [1.29, 1.82) is 0 Å². The van der Waals surface area contributed by atoms with Crippen molar-refractivity contribution in [2.75, 3.05) is 13.1 Å². The summed E-state index contributed by atoms with van der Waals surface area (Å²) in [5, 5.41) is 18.0. The minimum Gasteiger partial charge on any atom is -0.392 e. The molecule has 7 heteroatoms. The molecule has 0 aliphatic carbocycles. The van der Waals surface area contributed by atoms with E-state index in [4.69, 9.17) is 0 Å². The van der Waals surface area contributed by atoms with Gasteiger partial charge in [-0.2, -0.15) is 0 Å². The molecular formula is C13H19N5O2. The van der Waals surface area contributed by atoms with Gasteiger partial charge in [-0.1, -0.05) is 6.92 Å². The molecule has 2 unspecified atom stereocenters. The normalized spacial score (nSPS) is 24.4. The molecule has 2 aromatic rings. The summed E-state index contributed by atoms with van der Waals surface area (Å²) in [5.74, 6) is 1.08. The Labute approximate surface area is 116 Å². The van der Waals surface area contributed by atoms with Gasteiger partial charge in [-0.05, 0) is 18.9 Å². The van der Waals surface area contributed by atoms with Gasteiger partial charge in [-0.3, -0.25) is 14.1 Å². The maximum Gasteiger partial charge on any atom is 0.295 e. The van der Waals surface area contributed by atoms with Crippen LogP contribution >= 0.6 is 0 Å². The van der Waals surface area contributed by atoms with Crippen LogP contribution in [0.1, 0.15) is 19.2 Å². The van der Waals surface area contributed by atoms with Gasteiger partial charge in [-0.25, -0.2) is 0 Å². The first kappa shape index (κ1) is 13.3. The van der Waals surface area contributed by atoms with Crippen LogP contribution in [-0.2, 0) is 13.6 Å². The van der Waals surface area contributed by atoms with Crippen molar-refractivity contribution in [3.63, 3.8) is 0 Å². The molecule has 7 nitrogen and oxygen atoms in total. The van der Waals surface area contributed by atoms with Gasteiger partial charge in [0.2, 0.25) is 5.65 Å². The predicted molar refractivity (Wildman–Crippen MR) is 73.3 cm³/mol. The Balaban J connectivity index is 1.85. The van der Waals surface area contributed by atoms with Gasteiger partial charge < -0.3 is 9.67 Å². The molecule has 3 heterocycles. The molecular weight excluding hydrogens is 258 g/mol. The van der Waals surface area contributed by atoms with E-state index < -0.39 is 0 Å². The zero-order valence-electron chi connectivity index (χ0n) is 11.7. The topological polar surface area (TPSA) is 75.7 Å². The molecule has 3 rings (SSSR count). The zero-order valence-corrected chi connectivity index (χ0v) is 11.7. The summed E-state index contributed by atoms with van der Waals surface area (Å²) < 4.78 is 3.22. The van der Waals surface area contributed by atoms with Gasteiger partial charge in [0.05, 0.1) is 12.6 Å². The Morgan fingerprint density at radius 3 is 2.95 bits per heavy atom. The van der Waals surface area contributed by atoms with Crippen LogP contribution in [0.15, 0.2) is 17.2 Å². The van der Waals surface area contributed by atoms with Crippen LogP contribution in [0.3, 0.4) is 0 Å². The fourth-order valence-corrected chi connectivity index (χ4v) is 2.58. The Kier molecular flexibility index (Phi) is 3.31. The number of likely N-dealkylation sites (tertiary alicyclic amines) is 1. The molecule has 20 heavy (non-hydrogen) atoms. The summed E-state index contributed by atoms with van der Waals surface area (Å²) in [7, 11) is 1.69. The van der Waals surface area contributed by atoms with Crippen LogP contribution in [0.25, 0.3) is 5.65 Å². The molecule has 0 amide bonds. The zero-order chi connectivity index (χ0) is 14.3. The highest BCUT2D eigenvalue weighted by Gasteiger charge is 2.25. The van der Waals surface area contributed by atoms with Crippen LogP contribution in [0, 0.1) is 5.92 Å². The van der Waals surface area contributed by atoms with Crippen LogP contribution < -0.4 is 5.56 Å². The molecule has 1 saturated heterocycles. The minimum atomic E-state index is -0.296. The Morgan fingerprint density at radius 2 is 2.20 bits per heavy atom. The second-order valence-electron chi connectivity index (χ2n) is 5.59. The first-order valence-corrected chi connectivity index (χ1v) is 6.86. The lowest BCUT2D eigenvalue weighted by Gasteiger charge is -2.33. The van der Waals surface area contributed by atoms with Gasteiger partial charge in [0.15, 0.2) is 5.82 Å². The lowest BCUT2D eigenvalue weighted by atomic mass is 9.96. The van der Waals surface area contributed by atoms with E-state index in [2.05, 4.69) is 22.0 Å². The molecule has 1 N–H and O–H groups in total. The van der Waals surface area contributed by atoms with E-state index in [9.17, 15) is 9.90 Å². The highest BCUT2D eigenvalue weighted by Crippen LogP contribution is 2.18. The highest BCUT2D eigenvalue weighted by molar-refractivity contribution is 5.34. The van der Waals surface area contributed by atoms with Crippen molar-refractivity contribution >= 4 is 5.65 Å². The molecule has 0 aromatic carbocycles. The SMILES string of the molecule is CC1CCN(Cc2nnc3c(=O)n(C)ccn23)CC1O. The number of aryl methyl sites for hydroxylation is 1. The number of β-amino-alcohol motifs (C(OH)–C–C–N with tert-alkyl or cyclic N) is 1.